The van der Waals surface area contributed by atoms with E-state index in [0.717, 1.165) is 13.1 Å². The molecule has 202 valence electrons. The van der Waals surface area contributed by atoms with Gasteiger partial charge in [-0.15, -0.1) is 0 Å². The summed E-state index contributed by atoms with van der Waals surface area (Å²) in [6.45, 7) is 7.08. The molecule has 3 fully saturated rings. The number of aromatic nitrogens is 4. The fraction of sp³-hybridized carbons (Fsp3) is 0.414. The average molecular weight is 548 g/mol. The third-order valence-electron chi connectivity index (χ3n) is 8.11. The van der Waals surface area contributed by atoms with Gasteiger partial charge in [0, 0.05) is 13.1 Å². The zero-order valence-corrected chi connectivity index (χ0v) is 22.7. The monoisotopic (exact) mass is 547 g/mol. The van der Waals surface area contributed by atoms with E-state index in [1.54, 1.807) is 6.33 Å². The Hall–Kier alpha value is -3.08. The quantitative estimate of drug-likeness (QED) is 0.375. The summed E-state index contributed by atoms with van der Waals surface area (Å²) >= 11 is 6.49. The Morgan fingerprint density at radius 1 is 0.974 bits per heavy atom. The lowest BCUT2D eigenvalue weighted by atomic mass is 9.68. The number of fused-ring (bicyclic) bond motifs is 2. The molecule has 3 aliphatic heterocycles. The summed E-state index contributed by atoms with van der Waals surface area (Å²) in [5, 5.41) is 10.1. The first-order chi connectivity index (χ1) is 18.8. The van der Waals surface area contributed by atoms with E-state index < -0.39 is 30.3 Å². The fourth-order valence-corrected chi connectivity index (χ4v) is 6.39. The number of halogens is 1. The second kappa shape index (κ2) is 8.97. The maximum absolute atomic E-state index is 9.93. The molecule has 3 saturated heterocycles. The van der Waals surface area contributed by atoms with Gasteiger partial charge < -0.3 is 24.2 Å². The lowest BCUT2D eigenvalue weighted by molar-refractivity contribution is -0.199. The minimum Gasteiger partial charge on any atom is -0.394 e. The number of aliphatic hydroxyl groups is 1. The van der Waals surface area contributed by atoms with Gasteiger partial charge in [-0.25, -0.2) is 4.98 Å². The zero-order valence-electron chi connectivity index (χ0n) is 22.0. The summed E-state index contributed by atoms with van der Waals surface area (Å²) in [7, 11) is 0. The minimum absolute atomic E-state index is 0.129. The van der Waals surface area contributed by atoms with Crippen LogP contribution >= 0.6 is 11.6 Å². The van der Waals surface area contributed by atoms with Crippen LogP contribution in [-0.4, -0.2) is 68.4 Å². The van der Waals surface area contributed by atoms with Gasteiger partial charge in [-0.2, -0.15) is 9.97 Å². The Morgan fingerprint density at radius 2 is 1.67 bits per heavy atom. The molecule has 7 rings (SSSR count). The average Bonchev–Trinajstić information content (AvgIpc) is 3.55. The van der Waals surface area contributed by atoms with Gasteiger partial charge in [0.2, 0.25) is 5.28 Å². The highest BCUT2D eigenvalue weighted by Crippen LogP contribution is 2.46. The molecule has 0 saturated carbocycles. The van der Waals surface area contributed by atoms with E-state index in [1.165, 1.54) is 16.7 Å². The number of nitrogens with zero attached hydrogens (tertiary/aromatic N) is 5. The van der Waals surface area contributed by atoms with Gasteiger partial charge in [0.25, 0.3) is 0 Å². The van der Waals surface area contributed by atoms with Gasteiger partial charge >= 0.3 is 0 Å². The lowest BCUT2D eigenvalue weighted by Gasteiger charge is -2.51. The highest BCUT2D eigenvalue weighted by molar-refractivity contribution is 6.28. The smallest absolute Gasteiger partial charge is 0.226 e. The molecular formula is C29H30ClN5O4. The first-order valence-corrected chi connectivity index (χ1v) is 13.6. The van der Waals surface area contributed by atoms with E-state index in [1.807, 2.05) is 24.5 Å². The standard InChI is InChI=1S/C29H30ClN5O4/c1-17-9-11-19(12-10-17)29(18-7-5-4-6-8-18)14-34(15-29)24-21-25(33-27(30)32-24)35(16-31-21)26-23-22(20(13-36)37-26)38-28(2,3)39-23/h4-12,16,20,22-23,26,36H,13-15H2,1-3H3/t20-,22+,23?,26-/m1/s1. The molecule has 1 N–H and O–H groups in total. The molecule has 5 heterocycles. The molecule has 0 radical (unpaired) electrons. The molecule has 0 bridgehead atoms. The van der Waals surface area contributed by atoms with Crippen molar-refractivity contribution < 1.29 is 19.3 Å². The van der Waals surface area contributed by atoms with Crippen molar-refractivity contribution in [2.45, 2.75) is 56.5 Å². The number of aryl methyl sites for hydroxylation is 1. The van der Waals surface area contributed by atoms with E-state index in [-0.39, 0.29) is 17.3 Å². The Kier molecular flexibility index (Phi) is 5.73. The van der Waals surface area contributed by atoms with Crippen molar-refractivity contribution in [1.82, 2.24) is 19.5 Å². The zero-order chi connectivity index (χ0) is 26.9. The maximum Gasteiger partial charge on any atom is 0.226 e. The van der Waals surface area contributed by atoms with Crippen LogP contribution in [0.3, 0.4) is 0 Å². The van der Waals surface area contributed by atoms with Crippen molar-refractivity contribution in [3.63, 3.8) is 0 Å². The number of hydrogen-bond donors (Lipinski definition) is 1. The Morgan fingerprint density at radius 3 is 2.38 bits per heavy atom. The number of hydrogen-bond acceptors (Lipinski definition) is 8. The third-order valence-corrected chi connectivity index (χ3v) is 8.28. The van der Waals surface area contributed by atoms with Crippen LogP contribution < -0.4 is 4.90 Å². The molecule has 2 aromatic carbocycles. The lowest BCUT2D eigenvalue weighted by Crippen LogP contribution is -2.60. The van der Waals surface area contributed by atoms with Gasteiger partial charge in [-0.05, 0) is 43.5 Å². The molecule has 0 spiro atoms. The molecule has 10 heteroatoms. The van der Waals surface area contributed by atoms with Crippen LogP contribution in [0.15, 0.2) is 60.9 Å². The first kappa shape index (κ1) is 24.9. The van der Waals surface area contributed by atoms with Crippen LogP contribution in [0.1, 0.15) is 36.8 Å². The van der Waals surface area contributed by atoms with Crippen molar-refractivity contribution in [3.8, 4) is 0 Å². The number of rotatable bonds is 5. The fourth-order valence-electron chi connectivity index (χ4n) is 6.23. The predicted molar refractivity (Wildman–Crippen MR) is 146 cm³/mol. The topological polar surface area (TPSA) is 94.8 Å². The summed E-state index contributed by atoms with van der Waals surface area (Å²) in [6.07, 6.45) is -0.249. The highest BCUT2D eigenvalue weighted by Gasteiger charge is 2.56. The summed E-state index contributed by atoms with van der Waals surface area (Å²) in [4.78, 5) is 16.1. The van der Waals surface area contributed by atoms with Gasteiger partial charge in [0.15, 0.2) is 29.0 Å². The maximum atomic E-state index is 9.93. The number of imidazole rings is 1. The van der Waals surface area contributed by atoms with Crippen molar-refractivity contribution in [3.05, 3.63) is 82.9 Å². The first-order valence-electron chi connectivity index (χ1n) is 13.2. The molecule has 2 aromatic heterocycles. The Balaban J connectivity index is 1.25. The third kappa shape index (κ3) is 3.95. The SMILES string of the molecule is Cc1ccc(C2(c3ccccc3)CN(c3nc(Cl)nc4c3ncn4[C@@H]3O[C@H](CO)[C@@H]4OC(C)(C)OC43)C2)cc1. The van der Waals surface area contributed by atoms with Crippen molar-refractivity contribution >= 4 is 28.6 Å². The van der Waals surface area contributed by atoms with Crippen molar-refractivity contribution in [2.75, 3.05) is 24.6 Å². The number of anilines is 1. The molecule has 9 nitrogen and oxygen atoms in total. The van der Waals surface area contributed by atoms with Crippen LogP contribution in [0.25, 0.3) is 11.2 Å². The van der Waals surface area contributed by atoms with Crippen molar-refractivity contribution in [2.24, 2.45) is 0 Å². The second-order valence-corrected chi connectivity index (χ2v) is 11.5. The van der Waals surface area contributed by atoms with E-state index in [4.69, 9.17) is 30.8 Å². The van der Waals surface area contributed by atoms with E-state index in [2.05, 4.69) is 70.3 Å². The van der Waals surface area contributed by atoms with Crippen LogP contribution in [0, 0.1) is 6.92 Å². The number of benzene rings is 2. The van der Waals surface area contributed by atoms with Gasteiger partial charge in [0.1, 0.15) is 18.3 Å². The van der Waals surface area contributed by atoms with E-state index in [0.29, 0.717) is 17.0 Å². The molecule has 39 heavy (non-hydrogen) atoms. The summed E-state index contributed by atoms with van der Waals surface area (Å²) in [6, 6.07) is 19.3. The van der Waals surface area contributed by atoms with Gasteiger partial charge in [0.05, 0.1) is 18.3 Å². The number of aliphatic hydroxyl groups excluding tert-OH is 1. The second-order valence-electron chi connectivity index (χ2n) is 11.1. The van der Waals surface area contributed by atoms with Crippen molar-refractivity contribution in [1.29, 1.82) is 0 Å². The Labute approximate surface area is 231 Å². The molecule has 0 amide bonds. The van der Waals surface area contributed by atoms with E-state index in [9.17, 15) is 5.11 Å². The van der Waals surface area contributed by atoms with Gasteiger partial charge in [-0.3, -0.25) is 4.57 Å². The number of ether oxygens (including phenoxy) is 3. The molecule has 4 aromatic rings. The highest BCUT2D eigenvalue weighted by atomic mass is 35.5. The summed E-state index contributed by atoms with van der Waals surface area (Å²) < 4.78 is 20.2. The summed E-state index contributed by atoms with van der Waals surface area (Å²) in [5.41, 5.74) is 4.75. The molecule has 3 aliphatic rings. The predicted octanol–water partition coefficient (Wildman–Crippen LogP) is 4.00. The molecule has 0 aliphatic carbocycles. The van der Waals surface area contributed by atoms with E-state index >= 15 is 0 Å². The largest absolute Gasteiger partial charge is 0.394 e. The minimum atomic E-state index is -0.784. The Bertz CT molecular complexity index is 1520. The van der Waals surface area contributed by atoms with Crippen LogP contribution in [0.2, 0.25) is 5.28 Å². The molecular weight excluding hydrogens is 518 g/mol. The van der Waals surface area contributed by atoms with Crippen LogP contribution in [0.4, 0.5) is 5.82 Å². The van der Waals surface area contributed by atoms with Crippen LogP contribution in [-0.2, 0) is 19.6 Å². The molecule has 1 unspecified atom stereocenters. The summed E-state index contributed by atoms with van der Waals surface area (Å²) in [5.74, 6) is -0.104. The molecule has 4 atom stereocenters. The van der Waals surface area contributed by atoms with Crippen LogP contribution in [0.5, 0.6) is 0 Å². The van der Waals surface area contributed by atoms with Gasteiger partial charge in [-0.1, -0.05) is 60.2 Å². The normalized spacial score (nSPS) is 27.1.